The lowest BCUT2D eigenvalue weighted by Gasteiger charge is -2.11. The molecule has 2 aromatic carbocycles. The van der Waals surface area contributed by atoms with Crippen molar-refractivity contribution in [3.63, 3.8) is 0 Å². The van der Waals surface area contributed by atoms with Crippen molar-refractivity contribution in [1.82, 2.24) is 16.2 Å². The third-order valence-corrected chi connectivity index (χ3v) is 4.38. The van der Waals surface area contributed by atoms with Crippen LogP contribution in [0.25, 0.3) is 6.08 Å². The summed E-state index contributed by atoms with van der Waals surface area (Å²) < 4.78 is 11.4. The Bertz CT molecular complexity index is 934. The Kier molecular flexibility index (Phi) is 8.63. The highest BCUT2D eigenvalue weighted by molar-refractivity contribution is 9.10. The highest BCUT2D eigenvalue weighted by Crippen LogP contribution is 2.25. The van der Waals surface area contributed by atoms with E-state index in [0.717, 1.165) is 15.6 Å². The molecule has 0 fully saturated rings. The number of halogens is 1. The molecule has 0 saturated heterocycles. The second-order valence-corrected chi connectivity index (χ2v) is 7.05. The van der Waals surface area contributed by atoms with Crippen molar-refractivity contribution >= 4 is 51.2 Å². The van der Waals surface area contributed by atoms with Crippen LogP contribution in [0.15, 0.2) is 53.0 Å². The van der Waals surface area contributed by atoms with Crippen molar-refractivity contribution in [2.24, 2.45) is 0 Å². The number of hydrogen-bond donors (Lipinski definition) is 3. The highest BCUT2D eigenvalue weighted by Gasteiger charge is 2.07. The molecule has 0 bridgehead atoms. The third-order valence-electron chi connectivity index (χ3n) is 3.55. The summed E-state index contributed by atoms with van der Waals surface area (Å²) in [5.74, 6) is 0.272. The molecular weight excluding hydrogens is 458 g/mol. The van der Waals surface area contributed by atoms with Gasteiger partial charge in [0, 0.05) is 11.6 Å². The summed E-state index contributed by atoms with van der Waals surface area (Å²) in [6.45, 7) is 1.73. The molecule has 0 unspecified atom stereocenters. The number of aryl methyl sites for hydroxylation is 1. The lowest BCUT2D eigenvalue weighted by molar-refractivity contribution is -0.123. The number of para-hydroxylation sites is 1. The van der Waals surface area contributed by atoms with Crippen LogP contribution in [0.2, 0.25) is 0 Å². The number of ether oxygens (including phenoxy) is 2. The first-order valence-corrected chi connectivity index (χ1v) is 9.69. The number of carbonyl (C=O) groups is 2. The van der Waals surface area contributed by atoms with Gasteiger partial charge < -0.3 is 9.47 Å². The van der Waals surface area contributed by atoms with Gasteiger partial charge in [0.15, 0.2) is 11.7 Å². The number of methoxy groups -OCH3 is 1. The van der Waals surface area contributed by atoms with Gasteiger partial charge in [-0.25, -0.2) is 0 Å². The number of hydrazine groups is 1. The Morgan fingerprint density at radius 1 is 1.14 bits per heavy atom. The van der Waals surface area contributed by atoms with Gasteiger partial charge in [-0.2, -0.15) is 0 Å². The Morgan fingerprint density at radius 3 is 2.62 bits per heavy atom. The molecule has 152 valence electrons. The van der Waals surface area contributed by atoms with Crippen molar-refractivity contribution in [2.45, 2.75) is 6.92 Å². The van der Waals surface area contributed by atoms with E-state index in [0.29, 0.717) is 11.5 Å². The lowest BCUT2D eigenvalue weighted by Crippen LogP contribution is -2.49. The van der Waals surface area contributed by atoms with Crippen LogP contribution in [0.4, 0.5) is 0 Å². The van der Waals surface area contributed by atoms with Gasteiger partial charge in [0.25, 0.3) is 5.91 Å². The second kappa shape index (κ2) is 11.2. The van der Waals surface area contributed by atoms with E-state index < -0.39 is 11.8 Å². The summed E-state index contributed by atoms with van der Waals surface area (Å²) in [4.78, 5) is 23.8. The Morgan fingerprint density at radius 2 is 1.90 bits per heavy atom. The number of benzene rings is 2. The van der Waals surface area contributed by atoms with Gasteiger partial charge in [-0.05, 0) is 64.9 Å². The molecule has 0 aliphatic rings. The Hall–Kier alpha value is -2.91. The zero-order valence-electron chi connectivity index (χ0n) is 15.8. The molecule has 2 rings (SSSR count). The molecule has 2 aromatic rings. The van der Waals surface area contributed by atoms with Gasteiger partial charge in [-0.3, -0.25) is 25.8 Å². The van der Waals surface area contributed by atoms with E-state index in [9.17, 15) is 9.59 Å². The first-order chi connectivity index (χ1) is 13.9. The molecule has 0 aliphatic carbocycles. The molecule has 9 heteroatoms. The van der Waals surface area contributed by atoms with E-state index in [2.05, 4.69) is 32.1 Å². The lowest BCUT2D eigenvalue weighted by atomic mass is 10.2. The summed E-state index contributed by atoms with van der Waals surface area (Å²) in [6, 6.07) is 12.8. The van der Waals surface area contributed by atoms with E-state index in [1.54, 1.807) is 25.3 Å². The van der Waals surface area contributed by atoms with Crippen LogP contribution in [0.5, 0.6) is 11.5 Å². The van der Waals surface area contributed by atoms with E-state index >= 15 is 0 Å². The van der Waals surface area contributed by atoms with Gasteiger partial charge in [-0.15, -0.1) is 0 Å². The van der Waals surface area contributed by atoms with Crippen LogP contribution in [0.1, 0.15) is 11.1 Å². The fourth-order valence-electron chi connectivity index (χ4n) is 2.18. The monoisotopic (exact) mass is 477 g/mol. The quantitative estimate of drug-likeness (QED) is 0.336. The summed E-state index contributed by atoms with van der Waals surface area (Å²) >= 11 is 8.35. The molecule has 0 aliphatic heterocycles. The van der Waals surface area contributed by atoms with Gasteiger partial charge >= 0.3 is 0 Å². The first kappa shape index (κ1) is 22.4. The topological polar surface area (TPSA) is 88.7 Å². The molecule has 3 N–H and O–H groups in total. The highest BCUT2D eigenvalue weighted by atomic mass is 79.9. The van der Waals surface area contributed by atoms with Gasteiger partial charge in [0.1, 0.15) is 11.5 Å². The molecule has 0 saturated carbocycles. The van der Waals surface area contributed by atoms with Crippen LogP contribution in [-0.4, -0.2) is 30.6 Å². The number of amides is 2. The predicted molar refractivity (Wildman–Crippen MR) is 118 cm³/mol. The minimum absolute atomic E-state index is 0.0513. The summed E-state index contributed by atoms with van der Waals surface area (Å²) in [5, 5.41) is 2.37. The van der Waals surface area contributed by atoms with E-state index in [1.807, 2.05) is 37.3 Å². The van der Waals surface area contributed by atoms with Crippen LogP contribution < -0.4 is 25.6 Å². The number of rotatable bonds is 6. The predicted octanol–water partition coefficient (Wildman–Crippen LogP) is 2.88. The smallest absolute Gasteiger partial charge is 0.276 e. The van der Waals surface area contributed by atoms with Crippen molar-refractivity contribution < 1.29 is 19.1 Å². The van der Waals surface area contributed by atoms with Gasteiger partial charge in [0.05, 0.1) is 11.6 Å². The molecule has 0 atom stereocenters. The molecule has 0 spiro atoms. The maximum absolute atomic E-state index is 11.9. The van der Waals surface area contributed by atoms with E-state index in [-0.39, 0.29) is 11.7 Å². The van der Waals surface area contributed by atoms with Crippen LogP contribution in [-0.2, 0) is 9.59 Å². The SMILES string of the molecule is COc1ccccc1C=CC(=O)NC(=S)NNC(=O)COc1ccc(C)cc1Br. The first-order valence-electron chi connectivity index (χ1n) is 8.49. The van der Waals surface area contributed by atoms with Crippen molar-refractivity contribution in [1.29, 1.82) is 0 Å². The fraction of sp³-hybridized carbons (Fsp3) is 0.150. The van der Waals surface area contributed by atoms with Crippen molar-refractivity contribution in [3.05, 3.63) is 64.1 Å². The number of thiocarbonyl (C=S) groups is 1. The number of nitrogens with one attached hydrogen (secondary N) is 3. The molecule has 2 amide bonds. The van der Waals surface area contributed by atoms with E-state index in [4.69, 9.17) is 21.7 Å². The van der Waals surface area contributed by atoms with Gasteiger partial charge in [-0.1, -0.05) is 24.3 Å². The molecule has 0 aromatic heterocycles. The van der Waals surface area contributed by atoms with Crippen LogP contribution in [0, 0.1) is 6.92 Å². The minimum Gasteiger partial charge on any atom is -0.496 e. The third kappa shape index (κ3) is 7.55. The maximum Gasteiger partial charge on any atom is 0.276 e. The van der Waals surface area contributed by atoms with Crippen LogP contribution >= 0.6 is 28.1 Å². The summed E-state index contributed by atoms with van der Waals surface area (Å²) in [7, 11) is 1.55. The standard InChI is InChI=1S/C20H20BrN3O4S/c1-13-7-9-17(15(21)11-13)28-12-19(26)23-24-20(29)22-18(25)10-8-14-5-3-4-6-16(14)27-2/h3-11H,12H2,1-2H3,(H,23,26)(H2,22,24,25,29). The Labute approximate surface area is 182 Å². The second-order valence-electron chi connectivity index (χ2n) is 5.79. The van der Waals surface area contributed by atoms with E-state index in [1.165, 1.54) is 6.08 Å². The maximum atomic E-state index is 11.9. The van der Waals surface area contributed by atoms with Gasteiger partial charge in [0.2, 0.25) is 5.91 Å². The summed E-state index contributed by atoms with van der Waals surface area (Å²) in [6.07, 6.45) is 2.91. The van der Waals surface area contributed by atoms with Crippen molar-refractivity contribution in [3.8, 4) is 11.5 Å². The molecular formula is C20H20BrN3O4S. The molecule has 0 radical (unpaired) electrons. The molecule has 0 heterocycles. The minimum atomic E-state index is -0.460. The molecule has 7 nitrogen and oxygen atoms in total. The molecule has 29 heavy (non-hydrogen) atoms. The fourth-order valence-corrected chi connectivity index (χ4v) is 2.94. The normalized spacial score (nSPS) is 10.3. The zero-order chi connectivity index (χ0) is 21.2. The zero-order valence-corrected chi connectivity index (χ0v) is 18.2. The largest absolute Gasteiger partial charge is 0.496 e. The van der Waals surface area contributed by atoms with Crippen molar-refractivity contribution in [2.75, 3.05) is 13.7 Å². The summed E-state index contributed by atoms with van der Waals surface area (Å²) in [5.41, 5.74) is 6.61. The Balaban J connectivity index is 1.75. The average Bonchev–Trinajstić information content (AvgIpc) is 2.70. The number of hydrogen-bond acceptors (Lipinski definition) is 5. The van der Waals surface area contributed by atoms with Crippen LogP contribution in [0.3, 0.4) is 0 Å². The number of carbonyl (C=O) groups excluding carboxylic acids is 2. The average molecular weight is 478 g/mol.